The molecule has 136 valence electrons. The van der Waals surface area contributed by atoms with Crippen LogP contribution in [0.2, 0.25) is 5.02 Å². The average Bonchev–Trinajstić information content (AvgIpc) is 3.29. The van der Waals surface area contributed by atoms with Crippen LogP contribution < -0.4 is 10.2 Å². The quantitative estimate of drug-likeness (QED) is 0.716. The van der Waals surface area contributed by atoms with Gasteiger partial charge in [0, 0.05) is 36.0 Å². The Kier molecular flexibility index (Phi) is 5.08. The molecule has 0 spiro atoms. The standard InChI is InChI=1S/C18H19ClN4O2S/c19-13-3-4-15-16(7-13)25-18(22-15)23-5-1-2-12(9-23)6-17(24)20-8-14-10-26-11-21-14/h3-4,7,10-12H,1-2,5-6,8-9H2,(H,20,24). The second-order valence-corrected chi connectivity index (χ2v) is 7.68. The summed E-state index contributed by atoms with van der Waals surface area (Å²) >= 11 is 7.54. The fraction of sp³-hybridized carbons (Fsp3) is 0.389. The Bertz CT molecular complexity index is 896. The molecule has 1 aromatic carbocycles. The molecule has 1 fully saturated rings. The number of nitrogens with zero attached hydrogens (tertiary/aromatic N) is 3. The molecule has 1 N–H and O–H groups in total. The Morgan fingerprint density at radius 2 is 2.38 bits per heavy atom. The zero-order valence-electron chi connectivity index (χ0n) is 14.2. The number of carbonyl (C=O) groups excluding carboxylic acids is 1. The van der Waals surface area contributed by atoms with Gasteiger partial charge in [-0.25, -0.2) is 4.98 Å². The van der Waals surface area contributed by atoms with Crippen molar-refractivity contribution < 1.29 is 9.21 Å². The summed E-state index contributed by atoms with van der Waals surface area (Å²) in [6, 6.07) is 6.05. The van der Waals surface area contributed by atoms with Gasteiger partial charge in [0.2, 0.25) is 5.91 Å². The molecule has 0 radical (unpaired) electrons. The number of thiazole rings is 1. The van der Waals surface area contributed by atoms with Crippen molar-refractivity contribution in [3.8, 4) is 0 Å². The lowest BCUT2D eigenvalue weighted by Crippen LogP contribution is -2.38. The fourth-order valence-electron chi connectivity index (χ4n) is 3.28. The number of fused-ring (bicyclic) bond motifs is 1. The highest BCUT2D eigenvalue weighted by Gasteiger charge is 2.25. The molecule has 1 aliphatic heterocycles. The third-order valence-corrected chi connectivity index (χ3v) is 5.42. The van der Waals surface area contributed by atoms with Crippen molar-refractivity contribution in [3.63, 3.8) is 0 Å². The number of nitrogens with one attached hydrogen (secondary N) is 1. The normalized spacial score (nSPS) is 17.6. The first-order valence-electron chi connectivity index (χ1n) is 8.62. The van der Waals surface area contributed by atoms with E-state index in [2.05, 4.69) is 20.2 Å². The van der Waals surface area contributed by atoms with Crippen LogP contribution in [-0.4, -0.2) is 29.0 Å². The maximum absolute atomic E-state index is 12.2. The number of piperidine rings is 1. The minimum absolute atomic E-state index is 0.0641. The van der Waals surface area contributed by atoms with E-state index in [1.807, 2.05) is 17.5 Å². The SMILES string of the molecule is O=C(CC1CCCN(c2nc3ccc(Cl)cc3o2)C1)NCc1cscn1. The molecule has 2 aromatic heterocycles. The van der Waals surface area contributed by atoms with Gasteiger partial charge in [-0.05, 0) is 30.9 Å². The monoisotopic (exact) mass is 390 g/mol. The Hall–Kier alpha value is -2.12. The molecule has 0 saturated carbocycles. The minimum Gasteiger partial charge on any atom is -0.423 e. The molecule has 3 heterocycles. The number of amides is 1. The van der Waals surface area contributed by atoms with Crippen molar-refractivity contribution in [2.45, 2.75) is 25.8 Å². The largest absolute Gasteiger partial charge is 0.423 e. The minimum atomic E-state index is 0.0641. The lowest BCUT2D eigenvalue weighted by Gasteiger charge is -2.31. The zero-order valence-corrected chi connectivity index (χ0v) is 15.7. The number of oxazole rings is 1. The molecule has 1 unspecified atom stereocenters. The summed E-state index contributed by atoms with van der Waals surface area (Å²) in [6.45, 7) is 2.15. The number of halogens is 1. The van der Waals surface area contributed by atoms with Crippen LogP contribution in [0.5, 0.6) is 0 Å². The van der Waals surface area contributed by atoms with E-state index >= 15 is 0 Å². The third-order valence-electron chi connectivity index (χ3n) is 4.55. The first kappa shape index (κ1) is 17.3. The van der Waals surface area contributed by atoms with Crippen molar-refractivity contribution in [1.82, 2.24) is 15.3 Å². The lowest BCUT2D eigenvalue weighted by molar-refractivity contribution is -0.122. The molecule has 0 aliphatic carbocycles. The van der Waals surface area contributed by atoms with E-state index in [1.165, 1.54) is 11.3 Å². The van der Waals surface area contributed by atoms with Gasteiger partial charge in [-0.3, -0.25) is 4.79 Å². The molecule has 1 aliphatic rings. The van der Waals surface area contributed by atoms with Crippen LogP contribution in [-0.2, 0) is 11.3 Å². The van der Waals surface area contributed by atoms with Crippen molar-refractivity contribution in [2.24, 2.45) is 5.92 Å². The van der Waals surface area contributed by atoms with E-state index in [1.54, 1.807) is 11.6 Å². The van der Waals surface area contributed by atoms with Crippen LogP contribution in [0.1, 0.15) is 25.0 Å². The zero-order chi connectivity index (χ0) is 17.9. The second-order valence-electron chi connectivity index (χ2n) is 6.52. The maximum Gasteiger partial charge on any atom is 0.298 e. The Morgan fingerprint density at radius 1 is 1.46 bits per heavy atom. The van der Waals surface area contributed by atoms with Gasteiger partial charge in [0.25, 0.3) is 6.01 Å². The number of hydrogen-bond donors (Lipinski definition) is 1. The van der Waals surface area contributed by atoms with E-state index in [9.17, 15) is 4.79 Å². The molecule has 6 nitrogen and oxygen atoms in total. The van der Waals surface area contributed by atoms with Crippen molar-refractivity contribution in [3.05, 3.63) is 39.8 Å². The van der Waals surface area contributed by atoms with Crippen molar-refractivity contribution in [2.75, 3.05) is 18.0 Å². The molecule has 0 bridgehead atoms. The van der Waals surface area contributed by atoms with Gasteiger partial charge >= 0.3 is 0 Å². The topological polar surface area (TPSA) is 71.3 Å². The predicted molar refractivity (Wildman–Crippen MR) is 103 cm³/mol. The van der Waals surface area contributed by atoms with Gasteiger partial charge in [0.15, 0.2) is 5.58 Å². The summed E-state index contributed by atoms with van der Waals surface area (Å²) in [5.41, 5.74) is 4.16. The third kappa shape index (κ3) is 3.99. The summed E-state index contributed by atoms with van der Waals surface area (Å²) in [5, 5.41) is 5.53. The fourth-order valence-corrected chi connectivity index (χ4v) is 4.00. The van der Waals surface area contributed by atoms with Gasteiger partial charge in [0.05, 0.1) is 17.7 Å². The first-order chi connectivity index (χ1) is 12.7. The molecule has 26 heavy (non-hydrogen) atoms. The van der Waals surface area contributed by atoms with Crippen LogP contribution in [0.25, 0.3) is 11.1 Å². The van der Waals surface area contributed by atoms with Crippen molar-refractivity contribution in [1.29, 1.82) is 0 Å². The highest BCUT2D eigenvalue weighted by atomic mass is 35.5. The van der Waals surface area contributed by atoms with E-state index in [-0.39, 0.29) is 11.8 Å². The molecule has 4 rings (SSSR count). The molecule has 3 aromatic rings. The highest BCUT2D eigenvalue weighted by molar-refractivity contribution is 7.07. The van der Waals surface area contributed by atoms with Crippen LogP contribution in [0.15, 0.2) is 33.5 Å². The number of rotatable bonds is 5. The summed E-state index contributed by atoms with van der Waals surface area (Å²) in [5.74, 6) is 0.354. The maximum atomic E-state index is 12.2. The molecule has 1 saturated heterocycles. The average molecular weight is 391 g/mol. The molecular formula is C18H19ClN4O2S. The second kappa shape index (κ2) is 7.63. The summed E-state index contributed by atoms with van der Waals surface area (Å²) in [4.78, 5) is 23.1. The van der Waals surface area contributed by atoms with Crippen LogP contribution in [0.4, 0.5) is 6.01 Å². The molecular weight excluding hydrogens is 372 g/mol. The predicted octanol–water partition coefficient (Wildman–Crippen LogP) is 3.86. The highest BCUT2D eigenvalue weighted by Crippen LogP contribution is 2.28. The van der Waals surface area contributed by atoms with Gasteiger partial charge in [-0.1, -0.05) is 11.6 Å². The number of benzene rings is 1. The van der Waals surface area contributed by atoms with Crippen LogP contribution in [0, 0.1) is 5.92 Å². The van der Waals surface area contributed by atoms with Gasteiger partial charge < -0.3 is 14.6 Å². The number of aromatic nitrogens is 2. The van der Waals surface area contributed by atoms with E-state index in [4.69, 9.17) is 16.0 Å². The molecule has 1 amide bonds. The smallest absolute Gasteiger partial charge is 0.298 e. The first-order valence-corrected chi connectivity index (χ1v) is 9.94. The van der Waals surface area contributed by atoms with Crippen molar-refractivity contribution >= 4 is 46.0 Å². The number of hydrogen-bond acceptors (Lipinski definition) is 6. The number of anilines is 1. The van der Waals surface area contributed by atoms with Gasteiger partial charge in [-0.2, -0.15) is 4.98 Å². The Labute approximate surface area is 160 Å². The van der Waals surface area contributed by atoms with Gasteiger partial charge in [-0.15, -0.1) is 11.3 Å². The van der Waals surface area contributed by atoms with Crippen LogP contribution in [0.3, 0.4) is 0 Å². The van der Waals surface area contributed by atoms with E-state index in [0.717, 1.165) is 37.1 Å². The lowest BCUT2D eigenvalue weighted by atomic mass is 9.94. The molecule has 1 atom stereocenters. The van der Waals surface area contributed by atoms with Crippen LogP contribution >= 0.6 is 22.9 Å². The molecule has 8 heteroatoms. The number of carbonyl (C=O) groups is 1. The van der Waals surface area contributed by atoms with E-state index in [0.29, 0.717) is 29.6 Å². The summed E-state index contributed by atoms with van der Waals surface area (Å²) in [7, 11) is 0. The van der Waals surface area contributed by atoms with Gasteiger partial charge in [0.1, 0.15) is 5.52 Å². The Balaban J connectivity index is 1.36. The summed E-state index contributed by atoms with van der Waals surface area (Å²) in [6.07, 6.45) is 2.56. The summed E-state index contributed by atoms with van der Waals surface area (Å²) < 4.78 is 5.86. The Morgan fingerprint density at radius 3 is 3.23 bits per heavy atom. The van der Waals surface area contributed by atoms with E-state index < -0.39 is 0 Å².